The molecule has 4 rings (SSSR count). The number of tetrazole rings is 1. The van der Waals surface area contributed by atoms with Crippen LogP contribution in [0, 0.1) is 0 Å². The van der Waals surface area contributed by atoms with Crippen molar-refractivity contribution in [1.29, 1.82) is 0 Å². The second kappa shape index (κ2) is 9.94. The number of thioether (sulfide) groups is 2. The third-order valence-corrected chi connectivity index (χ3v) is 8.00. The summed E-state index contributed by atoms with van der Waals surface area (Å²) in [4.78, 5) is 38.0. The van der Waals surface area contributed by atoms with E-state index < -0.39 is 51.3 Å². The number of nitrogens with one attached hydrogen (secondary N) is 1. The molecule has 2 aliphatic rings. The zero-order valence-corrected chi connectivity index (χ0v) is 20.0. The third-order valence-electron chi connectivity index (χ3n) is 5.06. The van der Waals surface area contributed by atoms with Crippen molar-refractivity contribution in [3.63, 3.8) is 0 Å². The molecule has 0 radical (unpaired) electrons. The van der Waals surface area contributed by atoms with Gasteiger partial charge in [-0.3, -0.25) is 14.5 Å². The molecule has 1 saturated heterocycles. The van der Waals surface area contributed by atoms with Crippen LogP contribution in [0.1, 0.15) is 11.7 Å². The highest BCUT2D eigenvalue weighted by atomic mass is 32.2. The lowest BCUT2D eigenvalue weighted by Crippen LogP contribution is -2.71. The van der Waals surface area contributed by atoms with Gasteiger partial charge in [0.05, 0.1) is 11.7 Å². The normalized spacial score (nSPS) is 20.7. The average Bonchev–Trinajstić information content (AvgIpc) is 3.25. The van der Waals surface area contributed by atoms with Crippen molar-refractivity contribution in [2.45, 2.75) is 28.6 Å². The van der Waals surface area contributed by atoms with Gasteiger partial charge in [0.15, 0.2) is 6.10 Å². The Labute approximate surface area is 206 Å². The van der Waals surface area contributed by atoms with E-state index in [4.69, 9.17) is 0 Å². The second-order valence-corrected chi connectivity index (χ2v) is 10.8. The Hall–Kier alpha value is -2.99. The van der Waals surface area contributed by atoms with Crippen molar-refractivity contribution in [1.82, 2.24) is 30.4 Å². The van der Waals surface area contributed by atoms with E-state index in [1.807, 2.05) is 0 Å². The van der Waals surface area contributed by atoms with E-state index >= 15 is 0 Å². The summed E-state index contributed by atoms with van der Waals surface area (Å²) < 4.78 is 33.7. The molecule has 1 aromatic carbocycles. The highest BCUT2D eigenvalue weighted by molar-refractivity contribution is 8.01. The number of benzene rings is 1. The summed E-state index contributed by atoms with van der Waals surface area (Å²) in [5, 5.41) is 34.2. The van der Waals surface area contributed by atoms with Gasteiger partial charge in [0, 0.05) is 11.5 Å². The Morgan fingerprint density at radius 2 is 2.03 bits per heavy atom. The number of aliphatic carboxylic acids is 1. The number of hydrogen-bond donors (Lipinski definition) is 2. The number of carbonyl (C=O) groups excluding carboxylic acids is 3. The topological polar surface area (TPSA) is 211 Å². The lowest BCUT2D eigenvalue weighted by molar-refractivity contribution is -0.301. The van der Waals surface area contributed by atoms with Gasteiger partial charge < -0.3 is 24.9 Å². The van der Waals surface area contributed by atoms with Crippen molar-refractivity contribution in [3.05, 3.63) is 47.2 Å². The van der Waals surface area contributed by atoms with E-state index in [0.717, 1.165) is 21.3 Å². The summed E-state index contributed by atoms with van der Waals surface area (Å²) in [7, 11) is -4.66. The van der Waals surface area contributed by atoms with Crippen LogP contribution in [0.25, 0.3) is 0 Å². The molecule has 2 N–H and O–H groups in total. The molecule has 17 heteroatoms. The van der Waals surface area contributed by atoms with Gasteiger partial charge in [0.1, 0.15) is 27.4 Å². The van der Waals surface area contributed by atoms with Gasteiger partial charge >= 0.3 is 0 Å². The summed E-state index contributed by atoms with van der Waals surface area (Å²) in [5.74, 6) is -3.95. The molecule has 1 fully saturated rings. The predicted octanol–water partition coefficient (Wildman–Crippen LogP) is -2.59. The second-order valence-electron chi connectivity index (χ2n) is 7.39. The summed E-state index contributed by atoms with van der Waals surface area (Å²) >= 11 is 2.08. The maximum atomic E-state index is 12.7. The minimum Gasteiger partial charge on any atom is -0.747 e. The van der Waals surface area contributed by atoms with Crippen LogP contribution in [0.4, 0.5) is 0 Å². The van der Waals surface area contributed by atoms with Crippen LogP contribution in [-0.4, -0.2) is 83.9 Å². The van der Waals surface area contributed by atoms with E-state index in [9.17, 15) is 37.6 Å². The van der Waals surface area contributed by atoms with Crippen LogP contribution in [0.3, 0.4) is 0 Å². The SMILES string of the molecule is O=C([O-])C1=C(CSc2nnnn2CS(=O)(=O)[O-])CS[C@@H]2[C@H](NC(=O)[C@H](O)c3ccccc3)C(=O)N12. The number of nitrogens with zero attached hydrogens (tertiary/aromatic N) is 5. The first-order valence-electron chi connectivity index (χ1n) is 9.81. The standard InChI is InChI=1S/C18H18N6O8S3/c25-13(9-4-2-1-3-5-9)14(26)19-11-15(27)24-12(17(28)29)10(6-33-16(11)24)7-34-18-20-21-22-23(18)8-35(30,31)32/h1-5,11,13,16,25H,6-8H2,(H,19,26)(H,28,29)(H,30,31,32)/p-2/t11-,13-,16-/m1/s1. The van der Waals surface area contributed by atoms with Crippen LogP contribution >= 0.6 is 23.5 Å². The number of amides is 2. The quantitative estimate of drug-likeness (QED) is 0.190. The van der Waals surface area contributed by atoms with Gasteiger partial charge in [-0.15, -0.1) is 16.9 Å². The number of aliphatic hydroxyl groups is 1. The molecule has 2 amide bonds. The maximum Gasteiger partial charge on any atom is 0.254 e. The monoisotopic (exact) mass is 540 g/mol. The Morgan fingerprint density at radius 1 is 1.31 bits per heavy atom. The molecule has 3 atom stereocenters. The zero-order chi connectivity index (χ0) is 25.3. The van der Waals surface area contributed by atoms with Gasteiger partial charge in [0.25, 0.3) is 11.8 Å². The third kappa shape index (κ3) is 5.32. The Morgan fingerprint density at radius 3 is 2.69 bits per heavy atom. The summed E-state index contributed by atoms with van der Waals surface area (Å²) in [6.07, 6.45) is -1.50. The Balaban J connectivity index is 1.46. The molecule has 14 nitrogen and oxygen atoms in total. The number of hydrogen-bond acceptors (Lipinski definition) is 13. The van der Waals surface area contributed by atoms with Crippen molar-refractivity contribution in [2.24, 2.45) is 0 Å². The van der Waals surface area contributed by atoms with Gasteiger partial charge in [-0.1, -0.05) is 42.1 Å². The number of β-lactam (4-membered cyclic amide) rings is 1. The van der Waals surface area contributed by atoms with Gasteiger partial charge in [-0.25, -0.2) is 13.1 Å². The van der Waals surface area contributed by atoms with E-state index in [-0.39, 0.29) is 22.4 Å². The Bertz CT molecular complexity index is 1300. The van der Waals surface area contributed by atoms with E-state index in [1.54, 1.807) is 30.3 Å². The molecule has 0 saturated carbocycles. The van der Waals surface area contributed by atoms with Gasteiger partial charge in [-0.2, -0.15) is 0 Å². The fourth-order valence-electron chi connectivity index (χ4n) is 3.48. The number of aromatic nitrogens is 4. The molecular weight excluding hydrogens is 524 g/mol. The number of fused-ring (bicyclic) bond motifs is 1. The lowest BCUT2D eigenvalue weighted by atomic mass is 10.0. The van der Waals surface area contributed by atoms with Crippen molar-refractivity contribution in [2.75, 3.05) is 11.5 Å². The molecule has 0 bridgehead atoms. The van der Waals surface area contributed by atoms with Crippen LogP contribution in [0.5, 0.6) is 0 Å². The molecule has 1 aromatic heterocycles. The number of rotatable bonds is 9. The van der Waals surface area contributed by atoms with Crippen molar-refractivity contribution in [3.8, 4) is 0 Å². The lowest BCUT2D eigenvalue weighted by Gasteiger charge is -2.51. The highest BCUT2D eigenvalue weighted by Crippen LogP contribution is 2.41. The fraction of sp³-hybridized carbons (Fsp3) is 0.333. The predicted molar refractivity (Wildman–Crippen MR) is 117 cm³/mol. The van der Waals surface area contributed by atoms with Gasteiger partial charge in [0.2, 0.25) is 5.16 Å². The first-order valence-corrected chi connectivity index (χ1v) is 13.4. The number of carboxylic acids is 1. The summed E-state index contributed by atoms with van der Waals surface area (Å²) in [6.45, 7) is 0. The van der Waals surface area contributed by atoms with Crippen LogP contribution in [0.2, 0.25) is 0 Å². The molecule has 3 heterocycles. The van der Waals surface area contributed by atoms with Crippen molar-refractivity contribution >= 4 is 51.4 Å². The smallest absolute Gasteiger partial charge is 0.254 e. The van der Waals surface area contributed by atoms with E-state index in [2.05, 4.69) is 20.8 Å². The molecule has 2 aromatic rings. The molecular formula is C18H16N6O8S3-2. The number of carboxylic acid groups (broad SMARTS) is 1. The minimum absolute atomic E-state index is 0.0308. The minimum atomic E-state index is -4.66. The summed E-state index contributed by atoms with van der Waals surface area (Å²) in [5.41, 5.74) is 0.265. The van der Waals surface area contributed by atoms with Crippen LogP contribution in [-0.2, 0) is 30.4 Å². The average molecular weight is 541 g/mol. The summed E-state index contributed by atoms with van der Waals surface area (Å²) in [6, 6.07) is 7.08. The fourth-order valence-corrected chi connectivity index (χ4v) is 6.40. The van der Waals surface area contributed by atoms with Crippen LogP contribution in [0.15, 0.2) is 46.8 Å². The maximum absolute atomic E-state index is 12.7. The molecule has 0 spiro atoms. The number of aliphatic hydroxyl groups excluding tert-OH is 1. The first kappa shape index (κ1) is 25.1. The van der Waals surface area contributed by atoms with Crippen LogP contribution < -0.4 is 10.4 Å². The number of carbonyl (C=O) groups is 3. The molecule has 35 heavy (non-hydrogen) atoms. The molecule has 2 aliphatic heterocycles. The Kier molecular flexibility index (Phi) is 7.13. The van der Waals surface area contributed by atoms with Gasteiger partial charge in [-0.05, 0) is 21.6 Å². The van der Waals surface area contributed by atoms with E-state index in [0.29, 0.717) is 11.1 Å². The van der Waals surface area contributed by atoms with Crippen molar-refractivity contribution < 1.29 is 37.6 Å². The van der Waals surface area contributed by atoms with E-state index in [1.165, 1.54) is 11.8 Å². The molecule has 186 valence electrons. The highest BCUT2D eigenvalue weighted by Gasteiger charge is 2.53. The first-order chi connectivity index (χ1) is 16.6. The zero-order valence-electron chi connectivity index (χ0n) is 17.5. The molecule has 0 aliphatic carbocycles. The molecule has 0 unspecified atom stereocenters. The largest absolute Gasteiger partial charge is 0.747 e.